The lowest BCUT2D eigenvalue weighted by molar-refractivity contribution is 0.222. The zero-order valence-corrected chi connectivity index (χ0v) is 12.6. The van der Waals surface area contributed by atoms with Gasteiger partial charge in [0, 0.05) is 5.69 Å². The van der Waals surface area contributed by atoms with Crippen LogP contribution < -0.4 is 10.1 Å². The molecule has 108 valence electrons. The molecule has 1 heterocycles. The van der Waals surface area contributed by atoms with E-state index in [0.29, 0.717) is 5.56 Å². The van der Waals surface area contributed by atoms with Crippen LogP contribution in [0, 0.1) is 18.3 Å². The average Bonchev–Trinajstić information content (AvgIpc) is 2.39. The molecule has 0 saturated carbocycles. The van der Waals surface area contributed by atoms with Gasteiger partial charge in [0.2, 0.25) is 11.2 Å². The summed E-state index contributed by atoms with van der Waals surface area (Å²) in [4.78, 5) is 12.0. The molecule has 1 aromatic heterocycles. The van der Waals surface area contributed by atoms with Gasteiger partial charge in [-0.2, -0.15) is 20.2 Å². The number of nitrogens with zero attached hydrogens (tertiary/aromatic N) is 4. The molecule has 1 aromatic carbocycles. The van der Waals surface area contributed by atoms with Crippen LogP contribution in [-0.2, 0) is 0 Å². The Balaban J connectivity index is 2.31. The molecule has 0 aliphatic carbocycles. The Morgan fingerprint density at radius 2 is 2.05 bits per heavy atom. The molecule has 0 spiro atoms. The Kier molecular flexibility index (Phi) is 4.55. The Hall–Kier alpha value is -2.39. The van der Waals surface area contributed by atoms with Crippen molar-refractivity contribution in [3.63, 3.8) is 0 Å². The van der Waals surface area contributed by atoms with Crippen LogP contribution in [0.2, 0.25) is 5.28 Å². The van der Waals surface area contributed by atoms with Crippen molar-refractivity contribution in [3.05, 3.63) is 34.6 Å². The van der Waals surface area contributed by atoms with Gasteiger partial charge >= 0.3 is 6.01 Å². The van der Waals surface area contributed by atoms with Crippen LogP contribution in [0.15, 0.2) is 18.2 Å². The van der Waals surface area contributed by atoms with E-state index in [2.05, 4.69) is 26.3 Å². The first-order chi connectivity index (χ1) is 9.97. The predicted octanol–water partition coefficient (Wildman–Crippen LogP) is 3.24. The van der Waals surface area contributed by atoms with Gasteiger partial charge in [0.25, 0.3) is 0 Å². The number of ether oxygens (including phenoxy) is 1. The Morgan fingerprint density at radius 1 is 1.29 bits per heavy atom. The van der Waals surface area contributed by atoms with Gasteiger partial charge in [-0.05, 0) is 50.1 Å². The lowest BCUT2D eigenvalue weighted by Gasteiger charge is -2.11. The third-order valence-electron chi connectivity index (χ3n) is 2.54. The van der Waals surface area contributed by atoms with Crippen LogP contribution in [0.25, 0.3) is 0 Å². The fourth-order valence-electron chi connectivity index (χ4n) is 1.60. The third kappa shape index (κ3) is 4.04. The van der Waals surface area contributed by atoms with Crippen LogP contribution in [0.3, 0.4) is 0 Å². The van der Waals surface area contributed by atoms with Gasteiger partial charge in [-0.15, -0.1) is 0 Å². The van der Waals surface area contributed by atoms with E-state index in [1.165, 1.54) is 0 Å². The van der Waals surface area contributed by atoms with Crippen LogP contribution in [0.1, 0.15) is 25.0 Å². The highest BCUT2D eigenvalue weighted by Crippen LogP contribution is 2.21. The second-order valence-corrected chi connectivity index (χ2v) is 4.98. The van der Waals surface area contributed by atoms with Gasteiger partial charge in [0.1, 0.15) is 0 Å². The second kappa shape index (κ2) is 6.37. The number of hydrogen-bond acceptors (Lipinski definition) is 6. The molecule has 0 saturated heterocycles. The summed E-state index contributed by atoms with van der Waals surface area (Å²) in [6.07, 6.45) is -0.0695. The molecule has 0 atom stereocenters. The Labute approximate surface area is 127 Å². The lowest BCUT2D eigenvalue weighted by atomic mass is 10.1. The molecule has 0 aliphatic rings. The minimum Gasteiger partial charge on any atom is -0.461 e. The zero-order valence-electron chi connectivity index (χ0n) is 11.9. The monoisotopic (exact) mass is 303 g/mol. The van der Waals surface area contributed by atoms with Gasteiger partial charge in [-0.25, -0.2) is 0 Å². The van der Waals surface area contributed by atoms with Gasteiger partial charge in [0.05, 0.1) is 17.7 Å². The van der Waals surface area contributed by atoms with Crippen molar-refractivity contribution in [3.8, 4) is 12.1 Å². The number of aromatic nitrogens is 3. The van der Waals surface area contributed by atoms with Crippen molar-refractivity contribution in [1.82, 2.24) is 15.0 Å². The molecular formula is C14H14ClN5O. The van der Waals surface area contributed by atoms with E-state index in [1.807, 2.05) is 26.8 Å². The van der Waals surface area contributed by atoms with E-state index in [-0.39, 0.29) is 23.3 Å². The summed E-state index contributed by atoms with van der Waals surface area (Å²) < 4.78 is 5.41. The van der Waals surface area contributed by atoms with Crippen LogP contribution >= 0.6 is 11.6 Å². The number of nitriles is 1. The van der Waals surface area contributed by atoms with E-state index in [0.717, 1.165) is 11.3 Å². The summed E-state index contributed by atoms with van der Waals surface area (Å²) in [6, 6.07) is 7.54. The van der Waals surface area contributed by atoms with E-state index in [9.17, 15) is 0 Å². The summed E-state index contributed by atoms with van der Waals surface area (Å²) in [5, 5.41) is 12.0. The number of halogens is 1. The van der Waals surface area contributed by atoms with Crippen LogP contribution in [0.4, 0.5) is 11.6 Å². The van der Waals surface area contributed by atoms with Gasteiger partial charge in [-0.3, -0.25) is 0 Å². The molecule has 1 N–H and O–H groups in total. The van der Waals surface area contributed by atoms with Crippen molar-refractivity contribution in [2.45, 2.75) is 26.9 Å². The van der Waals surface area contributed by atoms with Crippen molar-refractivity contribution in [1.29, 1.82) is 5.26 Å². The third-order valence-corrected chi connectivity index (χ3v) is 2.71. The summed E-state index contributed by atoms with van der Waals surface area (Å²) in [6.45, 7) is 5.65. The number of aryl methyl sites for hydroxylation is 1. The number of nitrogens with one attached hydrogen (secondary N) is 1. The average molecular weight is 304 g/mol. The molecule has 2 rings (SSSR count). The standard InChI is InChI=1S/C14H14ClN5O/c1-8(2)21-14-19-12(15)18-13(20-14)17-11-6-10(7-16)5-4-9(11)3/h4-6,8H,1-3H3,(H,17,18,19,20). The van der Waals surface area contributed by atoms with Crippen molar-refractivity contribution in [2.24, 2.45) is 0 Å². The summed E-state index contributed by atoms with van der Waals surface area (Å²) in [5.41, 5.74) is 2.23. The van der Waals surface area contributed by atoms with Gasteiger partial charge < -0.3 is 10.1 Å². The summed E-state index contributed by atoms with van der Waals surface area (Å²) >= 11 is 5.86. The molecule has 0 bridgehead atoms. The molecular weight excluding hydrogens is 290 g/mol. The molecule has 7 heteroatoms. The van der Waals surface area contributed by atoms with Gasteiger partial charge in [0.15, 0.2) is 0 Å². The first kappa shape index (κ1) is 15.0. The lowest BCUT2D eigenvalue weighted by Crippen LogP contribution is -2.10. The maximum absolute atomic E-state index is 8.95. The summed E-state index contributed by atoms with van der Waals surface area (Å²) in [5.74, 6) is 0.267. The van der Waals surface area contributed by atoms with Crippen LogP contribution in [0.5, 0.6) is 6.01 Å². The molecule has 0 unspecified atom stereocenters. The first-order valence-electron chi connectivity index (χ1n) is 6.34. The highest BCUT2D eigenvalue weighted by Gasteiger charge is 2.09. The predicted molar refractivity (Wildman–Crippen MR) is 79.8 cm³/mol. The Bertz CT molecular complexity index is 696. The van der Waals surface area contributed by atoms with Crippen molar-refractivity contribution < 1.29 is 4.74 Å². The maximum atomic E-state index is 8.95. The minimum atomic E-state index is -0.0695. The molecule has 6 nitrogen and oxygen atoms in total. The normalized spacial score (nSPS) is 10.3. The summed E-state index contributed by atoms with van der Waals surface area (Å²) in [7, 11) is 0. The largest absolute Gasteiger partial charge is 0.461 e. The molecule has 0 radical (unpaired) electrons. The maximum Gasteiger partial charge on any atom is 0.322 e. The van der Waals surface area contributed by atoms with Crippen molar-refractivity contribution in [2.75, 3.05) is 5.32 Å². The van der Waals surface area contributed by atoms with Gasteiger partial charge in [-0.1, -0.05) is 6.07 Å². The van der Waals surface area contributed by atoms with E-state index in [1.54, 1.807) is 12.1 Å². The molecule has 0 fully saturated rings. The van der Waals surface area contributed by atoms with Crippen LogP contribution in [-0.4, -0.2) is 21.1 Å². The van der Waals surface area contributed by atoms with E-state index >= 15 is 0 Å². The Morgan fingerprint density at radius 3 is 2.71 bits per heavy atom. The molecule has 2 aromatic rings. The highest BCUT2D eigenvalue weighted by molar-refractivity contribution is 6.28. The SMILES string of the molecule is Cc1ccc(C#N)cc1Nc1nc(Cl)nc(OC(C)C)n1. The van der Waals surface area contributed by atoms with E-state index < -0.39 is 0 Å². The fraction of sp³-hybridized carbons (Fsp3) is 0.286. The molecule has 21 heavy (non-hydrogen) atoms. The second-order valence-electron chi connectivity index (χ2n) is 4.64. The first-order valence-corrected chi connectivity index (χ1v) is 6.71. The van der Waals surface area contributed by atoms with E-state index in [4.69, 9.17) is 21.6 Å². The quantitative estimate of drug-likeness (QED) is 0.933. The van der Waals surface area contributed by atoms with Crippen molar-refractivity contribution >= 4 is 23.2 Å². The smallest absolute Gasteiger partial charge is 0.322 e. The zero-order chi connectivity index (χ0) is 15.4. The number of benzene rings is 1. The number of rotatable bonds is 4. The number of hydrogen-bond donors (Lipinski definition) is 1. The fourth-order valence-corrected chi connectivity index (χ4v) is 1.75. The minimum absolute atomic E-state index is 0.0391. The molecule has 0 aliphatic heterocycles. The number of anilines is 2. The molecule has 0 amide bonds. The topological polar surface area (TPSA) is 83.7 Å². The highest BCUT2D eigenvalue weighted by atomic mass is 35.5.